The highest BCUT2D eigenvalue weighted by atomic mass is 32.2. The fraction of sp³-hybridized carbons (Fsp3) is 0.143. The standard InChI is InChI=1S/C14H7NO4S/c16-12-7-3-1-2-4-8(7)13(17)11-9(12)5-6-10-14(11,20-10)15(18)19/h1-6,10H. The van der Waals surface area contributed by atoms with Crippen LogP contribution < -0.4 is 0 Å². The van der Waals surface area contributed by atoms with E-state index in [0.29, 0.717) is 5.56 Å². The summed E-state index contributed by atoms with van der Waals surface area (Å²) in [6.07, 6.45) is 3.20. The molecular weight excluding hydrogens is 278 g/mol. The van der Waals surface area contributed by atoms with Crippen LogP contribution >= 0.6 is 11.8 Å². The number of thioether (sulfide) groups is 1. The molecule has 1 aromatic rings. The normalized spacial score (nSPS) is 29.7. The summed E-state index contributed by atoms with van der Waals surface area (Å²) < 4.78 is 0. The Morgan fingerprint density at radius 1 is 1.15 bits per heavy atom. The third-order valence-electron chi connectivity index (χ3n) is 3.86. The second-order valence-corrected chi connectivity index (χ2v) is 6.21. The minimum absolute atomic E-state index is 0.0451. The highest BCUT2D eigenvalue weighted by Gasteiger charge is 2.73. The third-order valence-corrected chi connectivity index (χ3v) is 5.32. The zero-order chi connectivity index (χ0) is 14.1. The number of rotatable bonds is 1. The number of benzene rings is 1. The largest absolute Gasteiger partial charge is 0.313 e. The van der Waals surface area contributed by atoms with Gasteiger partial charge in [0.15, 0.2) is 11.6 Å². The maximum absolute atomic E-state index is 12.6. The Morgan fingerprint density at radius 2 is 1.80 bits per heavy atom. The van der Waals surface area contributed by atoms with Gasteiger partial charge in [0.1, 0.15) is 5.25 Å². The summed E-state index contributed by atoms with van der Waals surface area (Å²) in [6.45, 7) is 0. The molecule has 98 valence electrons. The van der Waals surface area contributed by atoms with Crippen LogP contribution in [-0.4, -0.2) is 26.6 Å². The smallest absolute Gasteiger partial charge is 0.289 e. The van der Waals surface area contributed by atoms with E-state index in [9.17, 15) is 19.7 Å². The van der Waals surface area contributed by atoms with Gasteiger partial charge in [0.05, 0.1) is 5.57 Å². The molecule has 0 aromatic heterocycles. The molecule has 4 rings (SSSR count). The number of carbonyl (C=O) groups is 2. The Morgan fingerprint density at radius 3 is 2.45 bits per heavy atom. The van der Waals surface area contributed by atoms with Gasteiger partial charge in [-0.05, 0) is 0 Å². The van der Waals surface area contributed by atoms with E-state index in [1.807, 2.05) is 0 Å². The van der Waals surface area contributed by atoms with E-state index in [0.717, 1.165) is 11.8 Å². The maximum Gasteiger partial charge on any atom is 0.313 e. The van der Waals surface area contributed by atoms with Gasteiger partial charge in [0.2, 0.25) is 0 Å². The van der Waals surface area contributed by atoms with Crippen molar-refractivity contribution in [2.45, 2.75) is 10.1 Å². The number of fused-ring (bicyclic) bond motifs is 3. The van der Waals surface area contributed by atoms with Crippen LogP contribution in [0.25, 0.3) is 0 Å². The minimum atomic E-state index is -1.45. The van der Waals surface area contributed by atoms with Crippen molar-refractivity contribution in [3.8, 4) is 0 Å². The average molecular weight is 285 g/mol. The number of nitrogens with zero attached hydrogens (tertiary/aromatic N) is 1. The lowest BCUT2D eigenvalue weighted by Crippen LogP contribution is -2.38. The minimum Gasteiger partial charge on any atom is -0.289 e. The van der Waals surface area contributed by atoms with Crippen molar-refractivity contribution in [3.63, 3.8) is 0 Å². The van der Waals surface area contributed by atoms with Gasteiger partial charge in [-0.3, -0.25) is 19.7 Å². The highest BCUT2D eigenvalue weighted by Crippen LogP contribution is 2.63. The molecule has 2 unspecified atom stereocenters. The van der Waals surface area contributed by atoms with Gasteiger partial charge in [0, 0.05) is 21.6 Å². The first-order chi connectivity index (χ1) is 9.57. The zero-order valence-electron chi connectivity index (χ0n) is 10.0. The molecule has 0 saturated carbocycles. The van der Waals surface area contributed by atoms with E-state index < -0.39 is 15.6 Å². The van der Waals surface area contributed by atoms with Crippen LogP contribution in [0, 0.1) is 10.1 Å². The molecule has 0 bridgehead atoms. The number of Topliss-reactive ketones (excluding diaryl/α,β-unsaturated/α-hetero) is 2. The molecule has 20 heavy (non-hydrogen) atoms. The van der Waals surface area contributed by atoms with Crippen molar-refractivity contribution < 1.29 is 14.5 Å². The van der Waals surface area contributed by atoms with Crippen LogP contribution in [0.5, 0.6) is 0 Å². The van der Waals surface area contributed by atoms with Crippen molar-refractivity contribution in [2.75, 3.05) is 0 Å². The molecule has 2 aliphatic carbocycles. The summed E-state index contributed by atoms with van der Waals surface area (Å²) in [6, 6.07) is 6.47. The lowest BCUT2D eigenvalue weighted by atomic mass is 9.78. The number of hydrogen-bond acceptors (Lipinski definition) is 5. The second kappa shape index (κ2) is 3.46. The summed E-state index contributed by atoms with van der Waals surface area (Å²) in [7, 11) is 0. The Kier molecular flexibility index (Phi) is 2.01. The first-order valence-electron chi connectivity index (χ1n) is 6.01. The summed E-state index contributed by atoms with van der Waals surface area (Å²) in [5.74, 6) is -0.704. The van der Waals surface area contributed by atoms with Crippen molar-refractivity contribution in [1.29, 1.82) is 0 Å². The van der Waals surface area contributed by atoms with Crippen LogP contribution in [-0.2, 0) is 0 Å². The van der Waals surface area contributed by atoms with E-state index in [2.05, 4.69) is 0 Å². The van der Waals surface area contributed by atoms with Crippen molar-refractivity contribution in [2.24, 2.45) is 0 Å². The second-order valence-electron chi connectivity index (χ2n) is 4.84. The van der Waals surface area contributed by atoms with Gasteiger partial charge < -0.3 is 0 Å². The molecule has 1 aliphatic heterocycles. The van der Waals surface area contributed by atoms with E-state index in [4.69, 9.17) is 0 Å². The lowest BCUT2D eigenvalue weighted by Gasteiger charge is -2.22. The zero-order valence-corrected chi connectivity index (χ0v) is 10.8. The summed E-state index contributed by atoms with van der Waals surface area (Å²) in [5.41, 5.74) is 0.804. The Balaban J connectivity index is 2.01. The highest BCUT2D eigenvalue weighted by molar-refractivity contribution is 8.09. The molecular formula is C14H7NO4S. The average Bonchev–Trinajstić information content (AvgIpc) is 3.20. The van der Waals surface area contributed by atoms with E-state index >= 15 is 0 Å². The summed E-state index contributed by atoms with van der Waals surface area (Å²) >= 11 is 1.10. The van der Waals surface area contributed by atoms with Crippen LogP contribution in [0.4, 0.5) is 0 Å². The molecule has 1 aromatic carbocycles. The first kappa shape index (κ1) is 11.6. The fourth-order valence-corrected chi connectivity index (χ4v) is 4.03. The Bertz CT molecular complexity index is 779. The third kappa shape index (κ3) is 1.15. The first-order valence-corrected chi connectivity index (χ1v) is 6.89. The maximum atomic E-state index is 12.6. The molecule has 0 N–H and O–H groups in total. The number of ketones is 2. The number of nitro groups is 1. The van der Waals surface area contributed by atoms with Gasteiger partial charge in [-0.1, -0.05) is 48.2 Å². The molecule has 0 amide bonds. The van der Waals surface area contributed by atoms with Crippen LogP contribution in [0.15, 0.2) is 47.6 Å². The quantitative estimate of drug-likeness (QED) is 0.448. The molecule has 2 atom stereocenters. The van der Waals surface area contributed by atoms with E-state index in [1.54, 1.807) is 36.4 Å². The molecule has 1 fully saturated rings. The van der Waals surface area contributed by atoms with E-state index in [-0.39, 0.29) is 27.7 Å². The van der Waals surface area contributed by atoms with Crippen LogP contribution in [0.1, 0.15) is 20.7 Å². The number of hydrogen-bond donors (Lipinski definition) is 0. The monoisotopic (exact) mass is 285 g/mol. The SMILES string of the molecule is O=C1C2=C(C(=O)c3ccccc31)C1([N+](=O)[O-])SC1C=C2. The predicted octanol–water partition coefficient (Wildman–Crippen LogP) is 2.02. The molecule has 1 heterocycles. The topological polar surface area (TPSA) is 77.3 Å². The van der Waals surface area contributed by atoms with Gasteiger partial charge in [-0.15, -0.1) is 0 Å². The summed E-state index contributed by atoms with van der Waals surface area (Å²) in [5, 5.41) is 11.0. The molecule has 0 spiro atoms. The van der Waals surface area contributed by atoms with Crippen molar-refractivity contribution >= 4 is 23.3 Å². The van der Waals surface area contributed by atoms with Crippen molar-refractivity contribution in [1.82, 2.24) is 0 Å². The van der Waals surface area contributed by atoms with Gasteiger partial charge in [0.25, 0.3) is 0 Å². The van der Waals surface area contributed by atoms with Gasteiger partial charge in [-0.25, -0.2) is 0 Å². The molecule has 6 heteroatoms. The van der Waals surface area contributed by atoms with Gasteiger partial charge in [-0.2, -0.15) is 0 Å². The molecule has 3 aliphatic rings. The molecule has 0 radical (unpaired) electrons. The lowest BCUT2D eigenvalue weighted by molar-refractivity contribution is -0.513. The van der Waals surface area contributed by atoms with Crippen LogP contribution in [0.3, 0.4) is 0 Å². The van der Waals surface area contributed by atoms with Crippen LogP contribution in [0.2, 0.25) is 0 Å². The van der Waals surface area contributed by atoms with Gasteiger partial charge >= 0.3 is 4.87 Å². The molecule has 5 nitrogen and oxygen atoms in total. The Labute approximate surface area is 117 Å². The predicted molar refractivity (Wildman–Crippen MR) is 72.4 cm³/mol. The van der Waals surface area contributed by atoms with E-state index in [1.165, 1.54) is 0 Å². The molecule has 1 saturated heterocycles. The van der Waals surface area contributed by atoms with Crippen molar-refractivity contribution in [3.05, 3.63) is 68.8 Å². The summed E-state index contributed by atoms with van der Waals surface area (Å²) in [4.78, 5) is 34.5. The number of allylic oxidation sites excluding steroid dienone is 2. The fourth-order valence-electron chi connectivity index (χ4n) is 2.86. The Hall–Kier alpha value is -2.21. The number of carbonyl (C=O) groups excluding carboxylic acids is 2.